The van der Waals surface area contributed by atoms with E-state index in [1.165, 1.54) is 11.3 Å². The lowest BCUT2D eigenvalue weighted by molar-refractivity contribution is -0.143. The van der Waals surface area contributed by atoms with E-state index in [1.807, 2.05) is 47.8 Å². The van der Waals surface area contributed by atoms with Gasteiger partial charge in [0.25, 0.3) is 5.91 Å². The fraction of sp³-hybridized carbons (Fsp3) is 0.286. The predicted molar refractivity (Wildman–Crippen MR) is 109 cm³/mol. The first kappa shape index (κ1) is 19.4. The number of rotatable bonds is 5. The highest BCUT2D eigenvalue weighted by atomic mass is 32.1. The van der Waals surface area contributed by atoms with Gasteiger partial charge in [-0.25, -0.2) is 9.48 Å². The molecule has 3 aromatic rings. The first-order chi connectivity index (χ1) is 14.1. The molecule has 29 heavy (non-hydrogen) atoms. The minimum absolute atomic E-state index is 0.213. The van der Waals surface area contributed by atoms with Crippen molar-refractivity contribution in [1.29, 1.82) is 0 Å². The molecule has 1 atom stereocenters. The molecule has 0 radical (unpaired) electrons. The second kappa shape index (κ2) is 8.59. The number of aromatic nitrogens is 2. The second-order valence-electron chi connectivity index (χ2n) is 6.63. The average molecular weight is 411 g/mol. The van der Waals surface area contributed by atoms with Crippen LogP contribution in [0.1, 0.15) is 17.3 Å². The third-order valence-electron chi connectivity index (χ3n) is 4.66. The largest absolute Gasteiger partial charge is 0.449 e. The zero-order chi connectivity index (χ0) is 20.2. The van der Waals surface area contributed by atoms with Crippen LogP contribution < -0.4 is 0 Å². The molecule has 7 nitrogen and oxygen atoms in total. The van der Waals surface area contributed by atoms with Gasteiger partial charge in [-0.1, -0.05) is 24.3 Å². The summed E-state index contributed by atoms with van der Waals surface area (Å²) in [5.74, 6) is -0.778. The van der Waals surface area contributed by atoms with Crippen LogP contribution in [0.15, 0.2) is 54.0 Å². The van der Waals surface area contributed by atoms with E-state index in [-0.39, 0.29) is 5.91 Å². The number of hydrogen-bond donors (Lipinski definition) is 0. The first-order valence-electron chi connectivity index (χ1n) is 9.40. The Hall–Kier alpha value is -2.97. The Morgan fingerprint density at radius 3 is 2.59 bits per heavy atom. The summed E-state index contributed by atoms with van der Waals surface area (Å²) in [6.07, 6.45) is 0.774. The highest BCUT2D eigenvalue weighted by Crippen LogP contribution is 2.28. The van der Waals surface area contributed by atoms with Crippen LogP contribution in [-0.4, -0.2) is 59.0 Å². The van der Waals surface area contributed by atoms with Crippen LogP contribution in [0.4, 0.5) is 0 Å². The van der Waals surface area contributed by atoms with E-state index < -0.39 is 12.1 Å². The summed E-state index contributed by atoms with van der Waals surface area (Å²) in [5.41, 5.74) is 1.71. The van der Waals surface area contributed by atoms with E-state index in [2.05, 4.69) is 5.10 Å². The Morgan fingerprint density at radius 2 is 1.90 bits per heavy atom. The van der Waals surface area contributed by atoms with E-state index in [1.54, 1.807) is 22.7 Å². The summed E-state index contributed by atoms with van der Waals surface area (Å²) in [5, 5.41) is 6.53. The molecule has 1 fully saturated rings. The van der Waals surface area contributed by atoms with Gasteiger partial charge in [-0.15, -0.1) is 11.3 Å². The zero-order valence-electron chi connectivity index (χ0n) is 16.0. The highest BCUT2D eigenvalue weighted by molar-refractivity contribution is 7.13. The molecule has 1 aliphatic rings. The maximum absolute atomic E-state index is 12.9. The van der Waals surface area contributed by atoms with Crippen molar-refractivity contribution in [2.75, 3.05) is 26.3 Å². The highest BCUT2D eigenvalue weighted by Gasteiger charge is 2.28. The SMILES string of the molecule is C[C@H](OC(=O)c1cn(-c2ccccc2)nc1-c1cccs1)C(=O)N1CCOCC1. The van der Waals surface area contributed by atoms with Gasteiger partial charge >= 0.3 is 5.97 Å². The number of hydrogen-bond acceptors (Lipinski definition) is 6. The zero-order valence-corrected chi connectivity index (χ0v) is 16.8. The van der Waals surface area contributed by atoms with Gasteiger partial charge in [0.15, 0.2) is 6.10 Å². The second-order valence-corrected chi connectivity index (χ2v) is 7.58. The quantitative estimate of drug-likeness (QED) is 0.604. The van der Waals surface area contributed by atoms with Gasteiger partial charge in [0.1, 0.15) is 11.3 Å². The molecule has 0 bridgehead atoms. The van der Waals surface area contributed by atoms with Gasteiger partial charge in [0.05, 0.1) is 23.8 Å². The van der Waals surface area contributed by atoms with Gasteiger partial charge in [-0.2, -0.15) is 5.10 Å². The lowest BCUT2D eigenvalue weighted by Gasteiger charge is -2.28. The molecule has 1 amide bonds. The molecule has 4 rings (SSSR count). The molecule has 0 N–H and O–H groups in total. The van der Waals surface area contributed by atoms with Crippen molar-refractivity contribution in [2.45, 2.75) is 13.0 Å². The number of thiophene rings is 1. The summed E-state index contributed by atoms with van der Waals surface area (Å²) in [4.78, 5) is 28.0. The van der Waals surface area contributed by atoms with Gasteiger partial charge in [-0.05, 0) is 30.5 Å². The lowest BCUT2D eigenvalue weighted by atomic mass is 10.2. The number of benzene rings is 1. The van der Waals surface area contributed by atoms with Crippen molar-refractivity contribution in [3.8, 4) is 16.3 Å². The van der Waals surface area contributed by atoms with Crippen LogP contribution in [0.2, 0.25) is 0 Å². The van der Waals surface area contributed by atoms with E-state index in [0.717, 1.165) is 10.6 Å². The predicted octanol–water partition coefficient (Wildman–Crippen LogP) is 3.00. The van der Waals surface area contributed by atoms with Gasteiger partial charge in [-0.3, -0.25) is 4.79 Å². The Labute approximate surface area is 172 Å². The van der Waals surface area contributed by atoms with Crippen molar-refractivity contribution in [3.63, 3.8) is 0 Å². The van der Waals surface area contributed by atoms with Crippen molar-refractivity contribution < 1.29 is 19.1 Å². The molecule has 3 heterocycles. The molecule has 1 aliphatic heterocycles. The number of carbonyl (C=O) groups excluding carboxylic acids is 2. The molecule has 0 aliphatic carbocycles. The molecule has 1 saturated heterocycles. The third kappa shape index (κ3) is 4.23. The third-order valence-corrected chi connectivity index (χ3v) is 5.54. The fourth-order valence-electron chi connectivity index (χ4n) is 3.15. The van der Waals surface area contributed by atoms with Crippen molar-refractivity contribution in [2.24, 2.45) is 0 Å². The summed E-state index contributed by atoms with van der Waals surface area (Å²) in [6.45, 7) is 3.61. The maximum atomic E-state index is 12.9. The van der Waals surface area contributed by atoms with E-state index >= 15 is 0 Å². The number of nitrogens with zero attached hydrogens (tertiary/aromatic N) is 3. The molecule has 0 spiro atoms. The van der Waals surface area contributed by atoms with Crippen molar-refractivity contribution >= 4 is 23.2 Å². The molecular formula is C21H21N3O4S. The number of para-hydroxylation sites is 1. The van der Waals surface area contributed by atoms with Gasteiger partial charge < -0.3 is 14.4 Å². The first-order valence-corrected chi connectivity index (χ1v) is 10.3. The molecule has 8 heteroatoms. The van der Waals surface area contributed by atoms with Crippen LogP contribution >= 0.6 is 11.3 Å². The summed E-state index contributed by atoms with van der Waals surface area (Å²) in [7, 11) is 0. The Morgan fingerprint density at radius 1 is 1.14 bits per heavy atom. The smallest absolute Gasteiger partial charge is 0.342 e. The summed E-state index contributed by atoms with van der Waals surface area (Å²) < 4.78 is 12.4. The Kier molecular flexibility index (Phi) is 5.73. The van der Waals surface area contributed by atoms with Crippen LogP contribution in [0, 0.1) is 0 Å². The molecule has 1 aromatic carbocycles. The molecule has 0 unspecified atom stereocenters. The van der Waals surface area contributed by atoms with Crippen LogP contribution in [-0.2, 0) is 14.3 Å². The minimum Gasteiger partial charge on any atom is -0.449 e. The lowest BCUT2D eigenvalue weighted by Crippen LogP contribution is -2.46. The normalized spacial score (nSPS) is 15.1. The number of ether oxygens (including phenoxy) is 2. The topological polar surface area (TPSA) is 73.7 Å². The summed E-state index contributed by atoms with van der Waals surface area (Å²) in [6, 6.07) is 13.4. The van der Waals surface area contributed by atoms with E-state index in [0.29, 0.717) is 37.6 Å². The number of amides is 1. The van der Waals surface area contributed by atoms with Crippen LogP contribution in [0.25, 0.3) is 16.3 Å². The Bertz CT molecular complexity index is 979. The number of esters is 1. The minimum atomic E-state index is -0.878. The molecule has 150 valence electrons. The van der Waals surface area contributed by atoms with Crippen LogP contribution in [0.5, 0.6) is 0 Å². The molecule has 0 saturated carbocycles. The van der Waals surface area contributed by atoms with Crippen molar-refractivity contribution in [1.82, 2.24) is 14.7 Å². The molecular weight excluding hydrogens is 390 g/mol. The van der Waals surface area contributed by atoms with Gasteiger partial charge in [0, 0.05) is 19.3 Å². The number of carbonyl (C=O) groups is 2. The van der Waals surface area contributed by atoms with E-state index in [4.69, 9.17) is 9.47 Å². The number of morpholine rings is 1. The molecule has 2 aromatic heterocycles. The monoisotopic (exact) mass is 411 g/mol. The standard InChI is InChI=1S/C21H21N3O4S/c1-15(20(25)23-9-11-27-12-10-23)28-21(26)17-14-24(16-6-3-2-4-7-16)22-19(17)18-8-5-13-29-18/h2-8,13-15H,9-12H2,1H3/t15-/m0/s1. The fourth-order valence-corrected chi connectivity index (χ4v) is 3.87. The Balaban J connectivity index is 1.58. The van der Waals surface area contributed by atoms with Crippen LogP contribution in [0.3, 0.4) is 0 Å². The van der Waals surface area contributed by atoms with Gasteiger partial charge in [0.2, 0.25) is 0 Å². The maximum Gasteiger partial charge on any atom is 0.342 e. The van der Waals surface area contributed by atoms with E-state index in [9.17, 15) is 9.59 Å². The average Bonchev–Trinajstić information content (AvgIpc) is 3.44. The van der Waals surface area contributed by atoms with Crippen molar-refractivity contribution in [3.05, 3.63) is 59.6 Å². The summed E-state index contributed by atoms with van der Waals surface area (Å²) >= 11 is 1.49.